The van der Waals surface area contributed by atoms with Crippen molar-refractivity contribution in [1.82, 2.24) is 19.7 Å². The van der Waals surface area contributed by atoms with E-state index in [9.17, 15) is 0 Å². The van der Waals surface area contributed by atoms with Gasteiger partial charge in [-0.05, 0) is 44.6 Å². The molecule has 0 bridgehead atoms. The van der Waals surface area contributed by atoms with Gasteiger partial charge in [0.15, 0.2) is 0 Å². The van der Waals surface area contributed by atoms with Crippen molar-refractivity contribution in [2.24, 2.45) is 7.05 Å². The third-order valence-electron chi connectivity index (χ3n) is 4.96. The Morgan fingerprint density at radius 2 is 2.05 bits per heavy atom. The van der Waals surface area contributed by atoms with E-state index in [4.69, 9.17) is 4.98 Å². The van der Waals surface area contributed by atoms with Gasteiger partial charge < -0.3 is 4.90 Å². The molecule has 1 atom stereocenters. The number of rotatable bonds is 2. The van der Waals surface area contributed by atoms with Crippen molar-refractivity contribution < 1.29 is 0 Å². The largest absolute Gasteiger partial charge is 0.356 e. The van der Waals surface area contributed by atoms with E-state index in [2.05, 4.69) is 21.2 Å². The van der Waals surface area contributed by atoms with Gasteiger partial charge in [0, 0.05) is 43.5 Å². The molecule has 0 aromatic carbocycles. The first-order valence-corrected chi connectivity index (χ1v) is 8.30. The molecule has 3 heterocycles. The lowest BCUT2D eigenvalue weighted by Crippen LogP contribution is -2.24. The summed E-state index contributed by atoms with van der Waals surface area (Å²) in [7, 11) is 1.99. The lowest BCUT2D eigenvalue weighted by molar-refractivity contribution is 0.654. The number of anilines is 1. The van der Waals surface area contributed by atoms with E-state index in [1.54, 1.807) is 0 Å². The fraction of sp³-hybridized carbons (Fsp3) is 0.588. The molecule has 0 spiro atoms. The van der Waals surface area contributed by atoms with Crippen LogP contribution in [0.4, 0.5) is 5.82 Å². The summed E-state index contributed by atoms with van der Waals surface area (Å²) in [5.74, 6) is 2.69. The second-order valence-electron chi connectivity index (χ2n) is 6.61. The van der Waals surface area contributed by atoms with Crippen LogP contribution in [0.15, 0.2) is 12.4 Å². The fourth-order valence-corrected chi connectivity index (χ4v) is 3.83. The standard InChI is InChI=1S/C17H23N5/c1-12-19-16-6-4-3-5-15(16)17(20-12)22-8-7-13(11-22)14-9-18-21(2)10-14/h9-10,13H,3-8,11H2,1-2H3. The van der Waals surface area contributed by atoms with Crippen LogP contribution in [0, 0.1) is 6.92 Å². The first kappa shape index (κ1) is 13.7. The number of hydrogen-bond acceptors (Lipinski definition) is 4. The van der Waals surface area contributed by atoms with Gasteiger partial charge in [-0.1, -0.05) is 0 Å². The van der Waals surface area contributed by atoms with E-state index in [0.717, 1.165) is 31.8 Å². The molecule has 4 rings (SSSR count). The Labute approximate surface area is 131 Å². The zero-order chi connectivity index (χ0) is 15.1. The van der Waals surface area contributed by atoms with Crippen LogP contribution >= 0.6 is 0 Å². The molecule has 1 unspecified atom stereocenters. The van der Waals surface area contributed by atoms with Crippen LogP contribution in [-0.2, 0) is 19.9 Å². The molecular weight excluding hydrogens is 274 g/mol. The molecule has 0 amide bonds. The summed E-state index contributed by atoms with van der Waals surface area (Å²) < 4.78 is 1.90. The molecule has 2 aromatic heterocycles. The lowest BCUT2D eigenvalue weighted by Gasteiger charge is -2.25. The fourth-order valence-electron chi connectivity index (χ4n) is 3.83. The summed E-state index contributed by atoms with van der Waals surface area (Å²) in [5.41, 5.74) is 4.05. The lowest BCUT2D eigenvalue weighted by atomic mass is 9.96. The predicted molar refractivity (Wildman–Crippen MR) is 86.2 cm³/mol. The van der Waals surface area contributed by atoms with E-state index >= 15 is 0 Å². The molecule has 5 heteroatoms. The van der Waals surface area contributed by atoms with Crippen LogP contribution in [0.1, 0.15) is 47.8 Å². The molecule has 116 valence electrons. The smallest absolute Gasteiger partial charge is 0.135 e. The van der Waals surface area contributed by atoms with E-state index < -0.39 is 0 Å². The van der Waals surface area contributed by atoms with Gasteiger partial charge in [-0.15, -0.1) is 0 Å². The Bertz CT molecular complexity index is 690. The maximum atomic E-state index is 4.80. The molecule has 1 aliphatic heterocycles. The first-order chi connectivity index (χ1) is 10.7. The van der Waals surface area contributed by atoms with Crippen molar-refractivity contribution in [2.75, 3.05) is 18.0 Å². The zero-order valence-electron chi connectivity index (χ0n) is 13.4. The second-order valence-corrected chi connectivity index (χ2v) is 6.61. The van der Waals surface area contributed by atoms with Crippen LogP contribution < -0.4 is 4.90 Å². The van der Waals surface area contributed by atoms with Gasteiger partial charge in [0.1, 0.15) is 11.6 Å². The summed E-state index contributed by atoms with van der Waals surface area (Å²) in [6.07, 6.45) is 10.1. The number of nitrogens with zero attached hydrogens (tertiary/aromatic N) is 5. The highest BCUT2D eigenvalue weighted by atomic mass is 15.2. The van der Waals surface area contributed by atoms with Crippen molar-refractivity contribution in [3.05, 3.63) is 35.0 Å². The summed E-state index contributed by atoms with van der Waals surface area (Å²) in [6.45, 7) is 4.16. The van der Waals surface area contributed by atoms with E-state index in [-0.39, 0.29) is 0 Å². The monoisotopic (exact) mass is 297 g/mol. The normalized spacial score (nSPS) is 21.2. The van der Waals surface area contributed by atoms with Crippen LogP contribution in [0.2, 0.25) is 0 Å². The van der Waals surface area contributed by atoms with Crippen molar-refractivity contribution >= 4 is 5.82 Å². The molecule has 2 aliphatic rings. The van der Waals surface area contributed by atoms with Crippen molar-refractivity contribution in [3.63, 3.8) is 0 Å². The Morgan fingerprint density at radius 1 is 1.18 bits per heavy atom. The topological polar surface area (TPSA) is 46.8 Å². The molecule has 0 radical (unpaired) electrons. The van der Waals surface area contributed by atoms with Gasteiger partial charge in [-0.25, -0.2) is 9.97 Å². The highest BCUT2D eigenvalue weighted by Gasteiger charge is 2.29. The van der Waals surface area contributed by atoms with Crippen molar-refractivity contribution in [1.29, 1.82) is 0 Å². The maximum absolute atomic E-state index is 4.80. The minimum absolute atomic E-state index is 0.572. The van der Waals surface area contributed by atoms with Crippen LogP contribution in [0.3, 0.4) is 0 Å². The molecule has 2 aromatic rings. The van der Waals surface area contributed by atoms with Crippen LogP contribution in [-0.4, -0.2) is 32.8 Å². The minimum Gasteiger partial charge on any atom is -0.356 e. The van der Waals surface area contributed by atoms with Gasteiger partial charge in [0.2, 0.25) is 0 Å². The molecule has 22 heavy (non-hydrogen) atoms. The summed E-state index contributed by atoms with van der Waals surface area (Å²) in [6, 6.07) is 0. The summed E-state index contributed by atoms with van der Waals surface area (Å²) >= 11 is 0. The number of hydrogen-bond donors (Lipinski definition) is 0. The highest BCUT2D eigenvalue weighted by molar-refractivity contribution is 5.51. The number of aromatic nitrogens is 4. The zero-order valence-corrected chi connectivity index (χ0v) is 13.4. The average molecular weight is 297 g/mol. The SMILES string of the molecule is Cc1nc2c(c(N3CCC(c4cnn(C)c4)C3)n1)CCCC2. The van der Waals surface area contributed by atoms with Gasteiger partial charge in [0.25, 0.3) is 0 Å². The Morgan fingerprint density at radius 3 is 2.86 bits per heavy atom. The quantitative estimate of drug-likeness (QED) is 0.854. The van der Waals surface area contributed by atoms with Gasteiger partial charge in [-0.2, -0.15) is 5.10 Å². The minimum atomic E-state index is 0.572. The predicted octanol–water partition coefficient (Wildman–Crippen LogP) is 2.39. The third-order valence-corrected chi connectivity index (χ3v) is 4.96. The van der Waals surface area contributed by atoms with Gasteiger partial charge in [0.05, 0.1) is 6.20 Å². The summed E-state index contributed by atoms with van der Waals surface area (Å²) in [4.78, 5) is 11.9. The van der Waals surface area contributed by atoms with Crippen molar-refractivity contribution in [3.8, 4) is 0 Å². The van der Waals surface area contributed by atoms with Crippen molar-refractivity contribution in [2.45, 2.75) is 44.9 Å². The number of aryl methyl sites for hydroxylation is 3. The van der Waals surface area contributed by atoms with Crippen LogP contribution in [0.25, 0.3) is 0 Å². The third kappa shape index (κ3) is 2.38. The molecule has 5 nitrogen and oxygen atoms in total. The molecular formula is C17H23N5. The average Bonchev–Trinajstić information content (AvgIpc) is 3.15. The van der Waals surface area contributed by atoms with Gasteiger partial charge in [-0.3, -0.25) is 4.68 Å². The van der Waals surface area contributed by atoms with E-state index in [1.165, 1.54) is 41.9 Å². The number of fused-ring (bicyclic) bond motifs is 1. The first-order valence-electron chi connectivity index (χ1n) is 8.30. The molecule has 0 N–H and O–H groups in total. The van der Waals surface area contributed by atoms with E-state index in [1.807, 2.05) is 24.9 Å². The highest BCUT2D eigenvalue weighted by Crippen LogP contribution is 2.34. The van der Waals surface area contributed by atoms with Gasteiger partial charge >= 0.3 is 0 Å². The van der Waals surface area contributed by atoms with E-state index in [0.29, 0.717) is 5.92 Å². The second kappa shape index (κ2) is 5.38. The summed E-state index contributed by atoms with van der Waals surface area (Å²) in [5, 5.41) is 4.32. The van der Waals surface area contributed by atoms with Crippen LogP contribution in [0.5, 0.6) is 0 Å². The molecule has 1 fully saturated rings. The molecule has 0 saturated carbocycles. The maximum Gasteiger partial charge on any atom is 0.135 e. The molecule has 1 aliphatic carbocycles. The Kier molecular flexibility index (Phi) is 3.36. The Balaban J connectivity index is 1.62. The molecule has 1 saturated heterocycles. The Hall–Kier alpha value is -1.91.